The average Bonchev–Trinajstić information content (AvgIpc) is 3.50. The van der Waals surface area contributed by atoms with Crippen LogP contribution in [0.2, 0.25) is 0 Å². The largest absolute Gasteiger partial charge is 0.274 e. The van der Waals surface area contributed by atoms with Crippen LogP contribution in [0.3, 0.4) is 0 Å². The van der Waals surface area contributed by atoms with Crippen molar-refractivity contribution in [2.24, 2.45) is 17.8 Å². The smallest absolute Gasteiger partial charge is 0.264 e. The van der Waals surface area contributed by atoms with Crippen LogP contribution in [0, 0.1) is 17.8 Å². The molecule has 0 spiro atoms. The van der Waals surface area contributed by atoms with Gasteiger partial charge < -0.3 is 0 Å². The molecular weight excluding hydrogens is 639 g/mol. The summed E-state index contributed by atoms with van der Waals surface area (Å²) in [5.74, 6) is -2.23. The normalized spacial score (nSPS) is 13.0. The van der Waals surface area contributed by atoms with E-state index in [9.17, 15) is 48.1 Å². The van der Waals surface area contributed by atoms with Crippen molar-refractivity contribution in [2.45, 2.75) is 94.4 Å². The summed E-state index contributed by atoms with van der Waals surface area (Å²) >= 11 is 0. The second kappa shape index (κ2) is 21.0. The van der Waals surface area contributed by atoms with E-state index >= 15 is 0 Å². The third-order valence-corrected chi connectivity index (χ3v) is 7.43. The lowest BCUT2D eigenvalue weighted by atomic mass is 10.2. The second-order valence-corrected chi connectivity index (χ2v) is 17.1. The summed E-state index contributed by atoms with van der Waals surface area (Å²) in [5.41, 5.74) is 0. The molecule has 15 nitrogen and oxygen atoms in total. The van der Waals surface area contributed by atoms with Gasteiger partial charge in [-0.1, -0.05) is 56.4 Å². The highest BCUT2D eigenvalue weighted by Crippen LogP contribution is 2.27. The number of sulfonamides is 3. The predicted molar refractivity (Wildman–Crippen MR) is 165 cm³/mol. The Balaban J connectivity index is -0.000000144. The lowest BCUT2D eigenvalue weighted by Crippen LogP contribution is -2.35. The van der Waals surface area contributed by atoms with Gasteiger partial charge in [-0.3, -0.25) is 32.7 Å². The van der Waals surface area contributed by atoms with E-state index in [1.807, 2.05) is 9.44 Å². The lowest BCUT2D eigenvalue weighted by molar-refractivity contribution is -0.123. The molecule has 0 heterocycles. The van der Waals surface area contributed by atoms with Gasteiger partial charge in [0.2, 0.25) is 47.8 Å². The van der Waals surface area contributed by atoms with Crippen LogP contribution in [-0.2, 0) is 58.8 Å². The van der Waals surface area contributed by atoms with Gasteiger partial charge in [0, 0.05) is 17.8 Å². The van der Waals surface area contributed by atoms with Crippen molar-refractivity contribution in [3.05, 3.63) is 0 Å². The van der Waals surface area contributed by atoms with E-state index in [1.165, 1.54) is 0 Å². The molecule has 1 aliphatic rings. The van der Waals surface area contributed by atoms with Gasteiger partial charge >= 0.3 is 0 Å². The molecule has 0 aromatic carbocycles. The highest BCUT2D eigenvalue weighted by Gasteiger charge is 2.37. The zero-order valence-electron chi connectivity index (χ0n) is 24.8. The van der Waals surface area contributed by atoms with E-state index in [-0.39, 0.29) is 44.0 Å². The molecule has 42 heavy (non-hydrogen) atoms. The summed E-state index contributed by atoms with van der Waals surface area (Å²) in [6.45, 7) is 13.2. The van der Waals surface area contributed by atoms with E-state index in [1.54, 1.807) is 55.4 Å². The molecule has 3 amide bonds. The van der Waals surface area contributed by atoms with Crippen molar-refractivity contribution in [3.8, 4) is 0 Å². The van der Waals surface area contributed by atoms with Crippen molar-refractivity contribution in [1.29, 1.82) is 0 Å². The van der Waals surface area contributed by atoms with E-state index in [2.05, 4.69) is 8.91 Å². The molecule has 256 valence electrons. The Morgan fingerprint density at radius 1 is 0.571 bits per heavy atom. The van der Waals surface area contributed by atoms with Gasteiger partial charge in [-0.25, -0.2) is 25.3 Å². The zero-order valence-corrected chi connectivity index (χ0v) is 28.1. The third kappa shape index (κ3) is 34.4. The van der Waals surface area contributed by atoms with E-state index in [0.717, 1.165) is 18.8 Å². The second-order valence-electron chi connectivity index (χ2n) is 10.0. The molecule has 1 aliphatic carbocycles. The number of rotatable bonds is 9. The Morgan fingerprint density at radius 2 is 0.833 bits per heavy atom. The molecule has 0 radical (unpaired) electrons. The topological polar surface area (TPSA) is 233 Å². The number of nitrogens with one attached hydrogen (secondary N) is 3. The number of hydrogen-bond acceptors (Lipinski definition) is 12. The van der Waals surface area contributed by atoms with Crippen LogP contribution < -0.4 is 14.2 Å². The van der Waals surface area contributed by atoms with Crippen molar-refractivity contribution in [1.82, 2.24) is 14.2 Å². The van der Waals surface area contributed by atoms with Crippen molar-refractivity contribution < 1.29 is 52.2 Å². The van der Waals surface area contributed by atoms with Crippen LogP contribution in [0.4, 0.5) is 0 Å². The fourth-order valence-corrected chi connectivity index (χ4v) is 5.01. The summed E-state index contributed by atoms with van der Waals surface area (Å²) < 4.78 is 94.6. The van der Waals surface area contributed by atoms with Gasteiger partial charge in [-0.2, -0.15) is 8.42 Å². The maximum absolute atomic E-state index is 11.2. The zero-order chi connectivity index (χ0) is 32.9. The first-order chi connectivity index (χ1) is 17.5. The minimum Gasteiger partial charge on any atom is -0.274 e. The summed E-state index contributed by atoms with van der Waals surface area (Å²) in [6, 6.07) is 0. The molecule has 0 atom stereocenters. The van der Waals surface area contributed by atoms with Crippen LogP contribution in [-0.4, -0.2) is 81.5 Å². The Hall–Kier alpha value is -1.83. The molecule has 19 heteroatoms. The van der Waals surface area contributed by atoms with Gasteiger partial charge in [-0.05, 0) is 26.7 Å². The maximum Gasteiger partial charge on any atom is 0.264 e. The van der Waals surface area contributed by atoms with E-state index in [4.69, 9.17) is 0 Å². The van der Waals surface area contributed by atoms with Gasteiger partial charge in [0.1, 0.15) is 0 Å². The predicted octanol–water partition coefficient (Wildman–Crippen LogP) is 1.33. The molecule has 0 unspecified atom stereocenters. The third-order valence-electron chi connectivity index (χ3n) is 3.72. The minimum atomic E-state index is -3.37. The monoisotopic (exact) mass is 691 g/mol. The molecule has 0 saturated heterocycles. The molecule has 1 saturated carbocycles. The standard InChI is InChI=1S/C7H13NO3S.2C5H11NO3S.C4H10O3S.2CH4/c1-5(2)7(9)8-12(10,11)6-3-4-6;2*1-4(2)5(7)6-10(3,8)9;1-4(2)7-8(3,5)6;;/h5-6H,3-4H2,1-2H3,(H,8,9);2*4H,1-3H3,(H,6,7);4H,1-3H3;2*1H4. The molecule has 0 aliphatic heterocycles. The fraction of sp³-hybridized carbons (Fsp3) is 0.870. The van der Waals surface area contributed by atoms with Crippen LogP contribution >= 0.6 is 0 Å². The number of carbonyl (C=O) groups excluding carboxylic acids is 3. The van der Waals surface area contributed by atoms with Crippen molar-refractivity contribution in [2.75, 3.05) is 18.8 Å². The van der Waals surface area contributed by atoms with Crippen LogP contribution in [0.25, 0.3) is 0 Å². The lowest BCUT2D eigenvalue weighted by Gasteiger charge is -2.06. The highest BCUT2D eigenvalue weighted by atomic mass is 32.2. The van der Waals surface area contributed by atoms with Crippen LogP contribution in [0.5, 0.6) is 0 Å². The van der Waals surface area contributed by atoms with Gasteiger partial charge in [0.25, 0.3) is 10.1 Å². The quantitative estimate of drug-likeness (QED) is 0.291. The Bertz CT molecular complexity index is 1200. The SMILES string of the molecule is C.C.CC(C)C(=O)NS(=O)(=O)C1CC1.CC(C)C(=O)NS(C)(=O)=O.CC(C)C(=O)NS(C)(=O)=O.CC(C)OS(C)(=O)=O. The summed E-state index contributed by atoms with van der Waals surface area (Å²) in [5, 5.41) is -0.319. The fourth-order valence-electron chi connectivity index (χ4n) is 1.67. The van der Waals surface area contributed by atoms with E-state index < -0.39 is 57.9 Å². The van der Waals surface area contributed by atoms with Gasteiger partial charge in [-0.15, -0.1) is 0 Å². The van der Waals surface area contributed by atoms with E-state index in [0.29, 0.717) is 12.8 Å². The molecule has 0 aromatic heterocycles. The molecule has 0 bridgehead atoms. The Morgan fingerprint density at radius 3 is 0.952 bits per heavy atom. The van der Waals surface area contributed by atoms with Crippen molar-refractivity contribution in [3.63, 3.8) is 0 Å². The first-order valence-electron chi connectivity index (χ1n) is 12.0. The number of carbonyl (C=O) groups is 3. The maximum atomic E-state index is 11.2. The van der Waals surface area contributed by atoms with Crippen molar-refractivity contribution >= 4 is 57.9 Å². The first kappa shape index (κ1) is 49.8. The molecule has 0 aromatic rings. The average molecular weight is 692 g/mol. The number of hydrogen-bond donors (Lipinski definition) is 3. The van der Waals surface area contributed by atoms with Crippen LogP contribution in [0.1, 0.15) is 83.1 Å². The summed E-state index contributed by atoms with van der Waals surface area (Å²) in [7, 11) is -13.3. The summed E-state index contributed by atoms with van der Waals surface area (Å²) in [6.07, 6.45) is 4.06. The minimum absolute atomic E-state index is 0. The van der Waals surface area contributed by atoms with Gasteiger partial charge in [0.05, 0.1) is 30.1 Å². The van der Waals surface area contributed by atoms with Crippen LogP contribution in [0.15, 0.2) is 0 Å². The molecule has 3 N–H and O–H groups in total. The number of amides is 3. The Labute approximate surface area is 254 Å². The first-order valence-corrected chi connectivity index (χ1v) is 19.1. The molecule has 1 fully saturated rings. The molecular formula is C23H53N3O12S4. The Kier molecular flexibility index (Phi) is 24.9. The molecule has 1 rings (SSSR count). The van der Waals surface area contributed by atoms with Gasteiger partial charge in [0.15, 0.2) is 0 Å². The highest BCUT2D eigenvalue weighted by molar-refractivity contribution is 7.91. The summed E-state index contributed by atoms with van der Waals surface area (Å²) in [4.78, 5) is 32.3.